The fourth-order valence-electron chi connectivity index (χ4n) is 1.47. The maximum absolute atomic E-state index is 9.72. The van der Waals surface area contributed by atoms with Crippen molar-refractivity contribution in [2.75, 3.05) is 11.9 Å². The maximum atomic E-state index is 9.72. The van der Waals surface area contributed by atoms with E-state index in [0.29, 0.717) is 10.6 Å². The Kier molecular flexibility index (Phi) is 3.99. The topological polar surface area (TPSA) is 78.3 Å². The van der Waals surface area contributed by atoms with E-state index in [1.165, 1.54) is 29.5 Å². The summed E-state index contributed by atoms with van der Waals surface area (Å²) >= 11 is 1.35. The molecule has 0 unspecified atom stereocenters. The molecule has 1 aromatic heterocycles. The number of anilines is 1. The van der Waals surface area contributed by atoms with E-state index in [0.717, 1.165) is 24.5 Å². The van der Waals surface area contributed by atoms with Crippen LogP contribution < -0.4 is 5.32 Å². The highest BCUT2D eigenvalue weighted by Gasteiger charge is 2.11. The molecule has 96 valence electrons. The van der Waals surface area contributed by atoms with Gasteiger partial charge in [-0.15, -0.1) is 10.2 Å². The molecular formula is C12H15N3O2S. The number of nitrogens with zero attached hydrogens (tertiary/aromatic N) is 2. The summed E-state index contributed by atoms with van der Waals surface area (Å²) in [6, 6.07) is 4.35. The highest BCUT2D eigenvalue weighted by Crippen LogP contribution is 2.35. The summed E-state index contributed by atoms with van der Waals surface area (Å²) < 4.78 is 0. The molecule has 0 amide bonds. The van der Waals surface area contributed by atoms with Gasteiger partial charge in [0.15, 0.2) is 5.01 Å². The third-order valence-corrected chi connectivity index (χ3v) is 3.36. The Morgan fingerprint density at radius 2 is 2.11 bits per heavy atom. The lowest BCUT2D eigenvalue weighted by Crippen LogP contribution is -1.99. The number of rotatable bonds is 5. The van der Waals surface area contributed by atoms with E-state index in [4.69, 9.17) is 0 Å². The van der Waals surface area contributed by atoms with Gasteiger partial charge in [0, 0.05) is 6.54 Å². The van der Waals surface area contributed by atoms with Crippen LogP contribution in [0.25, 0.3) is 10.6 Å². The van der Waals surface area contributed by atoms with Crippen LogP contribution in [0.4, 0.5) is 5.13 Å². The lowest BCUT2D eigenvalue weighted by molar-refractivity contribution is 0.462. The number of hydrogen-bond donors (Lipinski definition) is 3. The molecule has 1 heterocycles. The van der Waals surface area contributed by atoms with Crippen LogP contribution in [0.5, 0.6) is 11.5 Å². The number of unbranched alkanes of at least 4 members (excludes halogenated alkanes) is 1. The highest BCUT2D eigenvalue weighted by molar-refractivity contribution is 7.18. The van der Waals surface area contributed by atoms with E-state index in [1.54, 1.807) is 0 Å². The average molecular weight is 265 g/mol. The lowest BCUT2D eigenvalue weighted by Gasteiger charge is -2.00. The number of benzene rings is 1. The second-order valence-electron chi connectivity index (χ2n) is 3.89. The summed E-state index contributed by atoms with van der Waals surface area (Å²) in [5.41, 5.74) is 0.496. The molecule has 0 saturated heterocycles. The molecule has 0 bridgehead atoms. The van der Waals surface area contributed by atoms with Crippen LogP contribution in [-0.4, -0.2) is 27.0 Å². The van der Waals surface area contributed by atoms with Gasteiger partial charge in [-0.1, -0.05) is 24.7 Å². The Morgan fingerprint density at radius 1 is 1.28 bits per heavy atom. The van der Waals surface area contributed by atoms with Crippen molar-refractivity contribution in [1.82, 2.24) is 10.2 Å². The van der Waals surface area contributed by atoms with Crippen LogP contribution in [-0.2, 0) is 0 Å². The Bertz CT molecular complexity index is 528. The Hall–Kier alpha value is -1.82. The van der Waals surface area contributed by atoms with Gasteiger partial charge in [-0.25, -0.2) is 0 Å². The number of nitrogens with one attached hydrogen (secondary N) is 1. The fraction of sp³-hybridized carbons (Fsp3) is 0.333. The zero-order valence-electron chi connectivity index (χ0n) is 10.1. The fourth-order valence-corrected chi connectivity index (χ4v) is 2.27. The molecule has 0 atom stereocenters. The molecule has 0 fully saturated rings. The van der Waals surface area contributed by atoms with Gasteiger partial charge in [-0.3, -0.25) is 0 Å². The van der Waals surface area contributed by atoms with Gasteiger partial charge >= 0.3 is 0 Å². The summed E-state index contributed by atoms with van der Waals surface area (Å²) in [5.74, 6) is 0.183. The van der Waals surface area contributed by atoms with Crippen LogP contribution >= 0.6 is 11.3 Å². The minimum absolute atomic E-state index is 0.0871. The van der Waals surface area contributed by atoms with Crippen molar-refractivity contribution in [3.63, 3.8) is 0 Å². The van der Waals surface area contributed by atoms with Crippen molar-refractivity contribution in [2.24, 2.45) is 0 Å². The molecular weight excluding hydrogens is 250 g/mol. The van der Waals surface area contributed by atoms with Crippen LogP contribution in [0, 0.1) is 0 Å². The van der Waals surface area contributed by atoms with Gasteiger partial charge in [0.25, 0.3) is 0 Å². The van der Waals surface area contributed by atoms with Gasteiger partial charge in [-0.05, 0) is 24.6 Å². The highest BCUT2D eigenvalue weighted by atomic mass is 32.1. The van der Waals surface area contributed by atoms with E-state index in [2.05, 4.69) is 22.4 Å². The molecule has 0 aliphatic rings. The number of phenolic OH excluding ortho intramolecular Hbond substituents is 2. The summed E-state index contributed by atoms with van der Waals surface area (Å²) in [6.07, 6.45) is 2.19. The maximum Gasteiger partial charge on any atom is 0.206 e. The predicted octanol–water partition coefficient (Wildman–Crippen LogP) is 2.83. The largest absolute Gasteiger partial charge is 0.508 e. The van der Waals surface area contributed by atoms with E-state index in [1.807, 2.05) is 0 Å². The van der Waals surface area contributed by atoms with Crippen molar-refractivity contribution in [3.05, 3.63) is 18.2 Å². The molecule has 2 aromatic rings. The Balaban J connectivity index is 2.16. The molecule has 0 saturated carbocycles. The SMILES string of the molecule is CCCCNc1nnc(-c2cc(O)ccc2O)s1. The van der Waals surface area contributed by atoms with Crippen LogP contribution in [0.1, 0.15) is 19.8 Å². The monoisotopic (exact) mass is 265 g/mol. The van der Waals surface area contributed by atoms with E-state index in [9.17, 15) is 10.2 Å². The average Bonchev–Trinajstić information content (AvgIpc) is 2.81. The first kappa shape index (κ1) is 12.6. The van der Waals surface area contributed by atoms with Gasteiger partial charge in [-0.2, -0.15) is 0 Å². The van der Waals surface area contributed by atoms with Crippen molar-refractivity contribution < 1.29 is 10.2 Å². The number of hydrogen-bond acceptors (Lipinski definition) is 6. The summed E-state index contributed by atoms with van der Waals surface area (Å²) in [6.45, 7) is 2.98. The molecule has 0 aliphatic heterocycles. The smallest absolute Gasteiger partial charge is 0.206 e. The quantitative estimate of drug-likeness (QED) is 0.572. The Morgan fingerprint density at radius 3 is 2.89 bits per heavy atom. The number of phenols is 2. The third-order valence-electron chi connectivity index (χ3n) is 2.44. The molecule has 2 rings (SSSR count). The van der Waals surface area contributed by atoms with Gasteiger partial charge < -0.3 is 15.5 Å². The van der Waals surface area contributed by atoms with Crippen LogP contribution in [0.2, 0.25) is 0 Å². The van der Waals surface area contributed by atoms with Crippen LogP contribution in [0.3, 0.4) is 0 Å². The molecule has 5 nitrogen and oxygen atoms in total. The zero-order valence-corrected chi connectivity index (χ0v) is 10.9. The number of aromatic nitrogens is 2. The third kappa shape index (κ3) is 2.89. The normalized spacial score (nSPS) is 10.5. The van der Waals surface area contributed by atoms with Crippen molar-refractivity contribution in [2.45, 2.75) is 19.8 Å². The van der Waals surface area contributed by atoms with Crippen molar-refractivity contribution in [3.8, 4) is 22.1 Å². The predicted molar refractivity (Wildman–Crippen MR) is 72.1 cm³/mol. The molecule has 6 heteroatoms. The first-order valence-electron chi connectivity index (χ1n) is 5.80. The lowest BCUT2D eigenvalue weighted by atomic mass is 10.2. The summed E-state index contributed by atoms with van der Waals surface area (Å²) in [5, 5.41) is 31.6. The standard InChI is InChI=1S/C12H15N3O2S/c1-2-3-6-13-12-15-14-11(18-12)9-7-8(16)4-5-10(9)17/h4-5,7,16-17H,2-3,6H2,1H3,(H,13,15). The first-order valence-corrected chi connectivity index (χ1v) is 6.62. The summed E-state index contributed by atoms with van der Waals surface area (Å²) in [4.78, 5) is 0. The molecule has 18 heavy (non-hydrogen) atoms. The molecule has 0 radical (unpaired) electrons. The molecule has 1 aromatic carbocycles. The van der Waals surface area contributed by atoms with Crippen LogP contribution in [0.15, 0.2) is 18.2 Å². The van der Waals surface area contributed by atoms with E-state index in [-0.39, 0.29) is 11.5 Å². The van der Waals surface area contributed by atoms with Gasteiger partial charge in [0.1, 0.15) is 11.5 Å². The second-order valence-corrected chi connectivity index (χ2v) is 4.87. The van der Waals surface area contributed by atoms with E-state index < -0.39 is 0 Å². The second kappa shape index (κ2) is 5.68. The molecule has 0 spiro atoms. The molecule has 0 aliphatic carbocycles. The summed E-state index contributed by atoms with van der Waals surface area (Å²) in [7, 11) is 0. The minimum Gasteiger partial charge on any atom is -0.508 e. The number of aromatic hydroxyl groups is 2. The Labute approximate surface area is 109 Å². The molecule has 3 N–H and O–H groups in total. The van der Waals surface area contributed by atoms with E-state index >= 15 is 0 Å². The minimum atomic E-state index is 0.0871. The van der Waals surface area contributed by atoms with Gasteiger partial charge in [0.2, 0.25) is 5.13 Å². The van der Waals surface area contributed by atoms with Crippen molar-refractivity contribution >= 4 is 16.5 Å². The van der Waals surface area contributed by atoms with Crippen molar-refractivity contribution in [1.29, 1.82) is 0 Å². The first-order chi connectivity index (χ1) is 8.70. The zero-order chi connectivity index (χ0) is 13.0. The van der Waals surface area contributed by atoms with Gasteiger partial charge in [0.05, 0.1) is 5.56 Å².